The Morgan fingerprint density at radius 3 is 2.60 bits per heavy atom. The molecule has 0 amide bonds. The van der Waals surface area contributed by atoms with Gasteiger partial charge in [0.2, 0.25) is 0 Å². The second-order valence-corrected chi connectivity index (χ2v) is 7.70. The molecule has 0 saturated carbocycles. The summed E-state index contributed by atoms with van der Waals surface area (Å²) < 4.78 is 22.8. The predicted octanol–water partition coefficient (Wildman–Crippen LogP) is 1.56. The van der Waals surface area contributed by atoms with E-state index in [9.17, 15) is 8.42 Å². The number of guanidine groups is 1. The maximum atomic E-state index is 11.4. The SMILES string of the molecule is CCCCCCNC(=NCC1CCS(=O)(=O)C1)NCC. The Morgan fingerprint density at radius 1 is 1.20 bits per heavy atom. The van der Waals surface area contributed by atoms with Gasteiger partial charge in [-0.25, -0.2) is 8.42 Å². The van der Waals surface area contributed by atoms with Crippen LogP contribution in [-0.4, -0.2) is 45.5 Å². The zero-order valence-electron chi connectivity index (χ0n) is 12.8. The molecule has 5 nitrogen and oxygen atoms in total. The van der Waals surface area contributed by atoms with Crippen molar-refractivity contribution in [1.29, 1.82) is 0 Å². The summed E-state index contributed by atoms with van der Waals surface area (Å²) in [6.07, 6.45) is 5.65. The molecule has 0 aromatic heterocycles. The number of hydrogen-bond acceptors (Lipinski definition) is 3. The minimum atomic E-state index is -2.79. The van der Waals surface area contributed by atoms with Gasteiger partial charge >= 0.3 is 0 Å². The van der Waals surface area contributed by atoms with E-state index >= 15 is 0 Å². The third kappa shape index (κ3) is 7.12. The summed E-state index contributed by atoms with van der Waals surface area (Å²) in [6.45, 7) is 6.59. The van der Waals surface area contributed by atoms with Crippen molar-refractivity contribution < 1.29 is 8.42 Å². The molecule has 1 saturated heterocycles. The van der Waals surface area contributed by atoms with Gasteiger partial charge in [-0.15, -0.1) is 0 Å². The predicted molar refractivity (Wildman–Crippen MR) is 84.9 cm³/mol. The van der Waals surface area contributed by atoms with Crippen molar-refractivity contribution in [2.45, 2.75) is 46.0 Å². The number of nitrogens with one attached hydrogen (secondary N) is 2. The molecule has 0 spiro atoms. The molecule has 2 N–H and O–H groups in total. The van der Waals surface area contributed by atoms with Crippen molar-refractivity contribution in [2.24, 2.45) is 10.9 Å². The number of aliphatic imine (C=N–C) groups is 1. The van der Waals surface area contributed by atoms with E-state index < -0.39 is 9.84 Å². The highest BCUT2D eigenvalue weighted by atomic mass is 32.2. The fraction of sp³-hybridized carbons (Fsp3) is 0.929. The van der Waals surface area contributed by atoms with Crippen molar-refractivity contribution in [3.8, 4) is 0 Å². The Hall–Kier alpha value is -0.780. The van der Waals surface area contributed by atoms with Crippen LogP contribution in [-0.2, 0) is 9.84 Å². The lowest BCUT2D eigenvalue weighted by Gasteiger charge is -2.12. The minimum Gasteiger partial charge on any atom is -0.357 e. The van der Waals surface area contributed by atoms with Gasteiger partial charge in [-0.1, -0.05) is 26.2 Å². The van der Waals surface area contributed by atoms with Gasteiger partial charge in [0.15, 0.2) is 15.8 Å². The number of nitrogens with zero attached hydrogens (tertiary/aromatic N) is 1. The van der Waals surface area contributed by atoms with Gasteiger partial charge in [0, 0.05) is 19.6 Å². The second-order valence-electron chi connectivity index (χ2n) is 5.48. The zero-order valence-corrected chi connectivity index (χ0v) is 13.6. The van der Waals surface area contributed by atoms with Crippen LogP contribution in [0, 0.1) is 5.92 Å². The first-order valence-electron chi connectivity index (χ1n) is 7.80. The van der Waals surface area contributed by atoms with Crippen LogP contribution >= 0.6 is 0 Å². The summed E-state index contributed by atoms with van der Waals surface area (Å²) in [5.74, 6) is 1.63. The molecule has 6 heteroatoms. The third-order valence-electron chi connectivity index (χ3n) is 3.50. The van der Waals surface area contributed by atoms with Gasteiger partial charge < -0.3 is 10.6 Å². The molecule has 0 aromatic rings. The third-order valence-corrected chi connectivity index (χ3v) is 5.34. The van der Waals surface area contributed by atoms with Crippen molar-refractivity contribution in [3.63, 3.8) is 0 Å². The summed E-state index contributed by atoms with van der Waals surface area (Å²) in [4.78, 5) is 4.51. The summed E-state index contributed by atoms with van der Waals surface area (Å²) in [7, 11) is -2.79. The van der Waals surface area contributed by atoms with Crippen LogP contribution in [0.4, 0.5) is 0 Å². The molecule has 1 aliphatic rings. The lowest BCUT2D eigenvalue weighted by Crippen LogP contribution is -2.38. The lowest BCUT2D eigenvalue weighted by molar-refractivity contribution is 0.588. The van der Waals surface area contributed by atoms with Crippen molar-refractivity contribution in [1.82, 2.24) is 10.6 Å². The fourth-order valence-electron chi connectivity index (χ4n) is 2.34. The van der Waals surface area contributed by atoms with E-state index in [1.165, 1.54) is 19.3 Å². The molecular weight excluding hydrogens is 274 g/mol. The number of hydrogen-bond donors (Lipinski definition) is 2. The molecule has 1 heterocycles. The topological polar surface area (TPSA) is 70.6 Å². The molecule has 1 unspecified atom stereocenters. The molecule has 1 atom stereocenters. The van der Waals surface area contributed by atoms with Crippen LogP contribution in [0.1, 0.15) is 46.0 Å². The number of sulfone groups is 1. The van der Waals surface area contributed by atoms with E-state index in [2.05, 4.69) is 22.5 Å². The molecule has 1 rings (SSSR count). The van der Waals surface area contributed by atoms with E-state index in [1.54, 1.807) is 0 Å². The van der Waals surface area contributed by atoms with Crippen LogP contribution in [0.5, 0.6) is 0 Å². The molecule has 1 fully saturated rings. The fourth-order valence-corrected chi connectivity index (χ4v) is 4.19. The molecule has 118 valence electrons. The molecular formula is C14H29N3O2S. The standard InChI is InChI=1S/C14H29N3O2S/c1-3-5-6-7-9-16-14(15-4-2)17-11-13-8-10-20(18,19)12-13/h13H,3-12H2,1-2H3,(H2,15,16,17). The van der Waals surface area contributed by atoms with Crippen LogP contribution < -0.4 is 10.6 Å². The summed E-state index contributed by atoms with van der Waals surface area (Å²) in [5, 5.41) is 6.52. The van der Waals surface area contributed by atoms with Crippen LogP contribution in [0.3, 0.4) is 0 Å². The van der Waals surface area contributed by atoms with Crippen LogP contribution in [0.25, 0.3) is 0 Å². The van der Waals surface area contributed by atoms with Gasteiger partial charge in [0.05, 0.1) is 11.5 Å². The van der Waals surface area contributed by atoms with Crippen molar-refractivity contribution >= 4 is 15.8 Å². The highest BCUT2D eigenvalue weighted by Crippen LogP contribution is 2.18. The Morgan fingerprint density at radius 2 is 2.00 bits per heavy atom. The maximum Gasteiger partial charge on any atom is 0.191 e. The average molecular weight is 303 g/mol. The first kappa shape index (κ1) is 17.3. The smallest absolute Gasteiger partial charge is 0.191 e. The average Bonchev–Trinajstić information content (AvgIpc) is 2.75. The Bertz CT molecular complexity index is 393. The minimum absolute atomic E-state index is 0.190. The van der Waals surface area contributed by atoms with Gasteiger partial charge in [0.1, 0.15) is 0 Å². The van der Waals surface area contributed by atoms with E-state index in [-0.39, 0.29) is 5.92 Å². The lowest BCUT2D eigenvalue weighted by atomic mass is 10.1. The Labute approximate surface area is 123 Å². The number of unbranched alkanes of at least 4 members (excludes halogenated alkanes) is 3. The largest absolute Gasteiger partial charge is 0.357 e. The molecule has 1 aliphatic heterocycles. The van der Waals surface area contributed by atoms with Crippen molar-refractivity contribution in [2.75, 3.05) is 31.1 Å². The van der Waals surface area contributed by atoms with Gasteiger partial charge in [-0.3, -0.25) is 4.99 Å². The van der Waals surface area contributed by atoms with E-state index in [1.807, 2.05) is 6.92 Å². The Balaban J connectivity index is 2.31. The highest BCUT2D eigenvalue weighted by molar-refractivity contribution is 7.91. The Kier molecular flexibility index (Phi) is 7.95. The first-order valence-corrected chi connectivity index (χ1v) is 9.62. The van der Waals surface area contributed by atoms with Crippen molar-refractivity contribution in [3.05, 3.63) is 0 Å². The summed E-state index contributed by atoms with van der Waals surface area (Å²) in [5.41, 5.74) is 0. The molecule has 20 heavy (non-hydrogen) atoms. The quantitative estimate of drug-likeness (QED) is 0.405. The van der Waals surface area contributed by atoms with E-state index in [0.717, 1.165) is 31.9 Å². The van der Waals surface area contributed by atoms with E-state index in [4.69, 9.17) is 0 Å². The van der Waals surface area contributed by atoms with E-state index in [0.29, 0.717) is 18.1 Å². The summed E-state index contributed by atoms with van der Waals surface area (Å²) in [6, 6.07) is 0. The van der Waals surface area contributed by atoms with Gasteiger partial charge in [-0.2, -0.15) is 0 Å². The molecule has 0 radical (unpaired) electrons. The van der Waals surface area contributed by atoms with Gasteiger partial charge in [0.25, 0.3) is 0 Å². The second kappa shape index (κ2) is 9.21. The van der Waals surface area contributed by atoms with Crippen LogP contribution in [0.2, 0.25) is 0 Å². The zero-order chi connectivity index (χ0) is 14.8. The maximum absolute atomic E-state index is 11.4. The highest BCUT2D eigenvalue weighted by Gasteiger charge is 2.27. The summed E-state index contributed by atoms with van der Waals surface area (Å²) >= 11 is 0. The van der Waals surface area contributed by atoms with Crippen LogP contribution in [0.15, 0.2) is 4.99 Å². The monoisotopic (exact) mass is 303 g/mol. The molecule has 0 bridgehead atoms. The van der Waals surface area contributed by atoms with Gasteiger partial charge in [-0.05, 0) is 25.7 Å². The normalized spacial score (nSPS) is 21.9. The number of rotatable bonds is 8. The first-order chi connectivity index (χ1) is 9.57. The molecule has 0 aromatic carbocycles. The molecule has 0 aliphatic carbocycles.